The predicted octanol–water partition coefficient (Wildman–Crippen LogP) is 3.38. The predicted molar refractivity (Wildman–Crippen MR) is 107 cm³/mol. The summed E-state index contributed by atoms with van der Waals surface area (Å²) in [6.45, 7) is 4.63. The van der Waals surface area contributed by atoms with Crippen molar-refractivity contribution in [3.8, 4) is 11.5 Å². The molecule has 0 bridgehead atoms. The maximum atomic E-state index is 12.1. The maximum absolute atomic E-state index is 12.1. The molecule has 3 aliphatic rings. The quantitative estimate of drug-likeness (QED) is 0.621. The van der Waals surface area contributed by atoms with Gasteiger partial charge in [0.15, 0.2) is 11.5 Å². The van der Waals surface area contributed by atoms with Crippen LogP contribution in [0.5, 0.6) is 11.5 Å². The van der Waals surface area contributed by atoms with Gasteiger partial charge in [0, 0.05) is 25.1 Å². The van der Waals surface area contributed by atoms with Crippen molar-refractivity contribution in [3.63, 3.8) is 0 Å². The maximum Gasteiger partial charge on any atom is 0.407 e. The van der Waals surface area contributed by atoms with Gasteiger partial charge in [-0.25, -0.2) is 4.79 Å². The molecule has 0 aromatic heterocycles. The Morgan fingerprint density at radius 3 is 3.07 bits per heavy atom. The van der Waals surface area contributed by atoms with E-state index in [1.807, 2.05) is 12.1 Å². The number of hydrogen-bond acceptors (Lipinski definition) is 5. The SMILES string of the molecule is CCCCNC(=O)O[C@H]1C=C[C@@]23CCN(C)Cc4ccc(OC)c(c42)O[C@H]3C1. The van der Waals surface area contributed by atoms with Gasteiger partial charge >= 0.3 is 6.09 Å². The van der Waals surface area contributed by atoms with Crippen molar-refractivity contribution in [2.75, 3.05) is 27.2 Å². The molecular weight excluding hydrogens is 356 g/mol. The summed E-state index contributed by atoms with van der Waals surface area (Å²) in [4.78, 5) is 14.4. The Morgan fingerprint density at radius 1 is 1.43 bits per heavy atom. The standard InChI is InChI=1S/C22H30N2O4/c1-4-5-11-23-21(25)27-16-8-9-22-10-12-24(2)14-15-6-7-17(26-3)20(19(15)22)28-18(22)13-16/h6-9,16,18H,4-5,10-14H2,1-3H3,(H,23,25)/t16-,18-,22-/m0/s1. The van der Waals surface area contributed by atoms with Gasteiger partial charge in [-0.3, -0.25) is 0 Å². The van der Waals surface area contributed by atoms with Crippen LogP contribution in [0, 0.1) is 0 Å². The fourth-order valence-corrected chi connectivity index (χ4v) is 4.70. The van der Waals surface area contributed by atoms with Crippen LogP contribution >= 0.6 is 0 Å². The molecule has 1 spiro atoms. The van der Waals surface area contributed by atoms with Gasteiger partial charge in [0.2, 0.25) is 0 Å². The van der Waals surface area contributed by atoms with E-state index in [0.29, 0.717) is 13.0 Å². The Kier molecular flexibility index (Phi) is 5.23. The van der Waals surface area contributed by atoms with E-state index in [1.54, 1.807) is 7.11 Å². The lowest BCUT2D eigenvalue weighted by atomic mass is 9.69. The smallest absolute Gasteiger partial charge is 0.407 e. The molecule has 1 aliphatic carbocycles. The van der Waals surface area contributed by atoms with Gasteiger partial charge in [-0.15, -0.1) is 0 Å². The molecule has 1 amide bonds. The van der Waals surface area contributed by atoms with Crippen molar-refractivity contribution in [3.05, 3.63) is 35.4 Å². The van der Waals surface area contributed by atoms with Gasteiger partial charge in [0.05, 0.1) is 12.5 Å². The second-order valence-electron chi connectivity index (χ2n) is 8.08. The molecule has 1 aromatic carbocycles. The van der Waals surface area contributed by atoms with E-state index >= 15 is 0 Å². The van der Waals surface area contributed by atoms with Crippen LogP contribution in [0.4, 0.5) is 4.79 Å². The number of alkyl carbamates (subject to hydrolysis) is 1. The highest BCUT2D eigenvalue weighted by Gasteiger charge is 2.53. The minimum absolute atomic E-state index is 0.0532. The summed E-state index contributed by atoms with van der Waals surface area (Å²) in [6.07, 6.45) is 7.21. The summed E-state index contributed by atoms with van der Waals surface area (Å²) < 4.78 is 17.7. The number of amides is 1. The summed E-state index contributed by atoms with van der Waals surface area (Å²) >= 11 is 0. The molecule has 6 nitrogen and oxygen atoms in total. The minimum atomic E-state index is -0.353. The van der Waals surface area contributed by atoms with Gasteiger partial charge in [-0.2, -0.15) is 0 Å². The summed E-state index contributed by atoms with van der Waals surface area (Å²) in [6, 6.07) is 4.15. The molecule has 0 radical (unpaired) electrons. The van der Waals surface area contributed by atoms with Gasteiger partial charge in [-0.05, 0) is 44.1 Å². The van der Waals surface area contributed by atoms with Crippen molar-refractivity contribution in [2.45, 2.75) is 56.8 Å². The van der Waals surface area contributed by atoms with Crippen molar-refractivity contribution in [1.29, 1.82) is 0 Å². The van der Waals surface area contributed by atoms with Crippen LogP contribution in [0.3, 0.4) is 0 Å². The first kappa shape index (κ1) is 19.1. The van der Waals surface area contributed by atoms with Crippen molar-refractivity contribution in [1.82, 2.24) is 10.2 Å². The molecule has 0 unspecified atom stereocenters. The number of methoxy groups -OCH3 is 1. The zero-order chi connectivity index (χ0) is 19.7. The van der Waals surface area contributed by atoms with Gasteiger partial charge in [0.25, 0.3) is 0 Å². The molecule has 0 saturated carbocycles. The molecule has 3 atom stereocenters. The Labute approximate surface area is 166 Å². The summed E-state index contributed by atoms with van der Waals surface area (Å²) in [7, 11) is 3.84. The number of nitrogens with zero attached hydrogens (tertiary/aromatic N) is 1. The highest BCUT2D eigenvalue weighted by atomic mass is 16.6. The third-order valence-electron chi connectivity index (χ3n) is 6.19. The molecule has 1 aromatic rings. The van der Waals surface area contributed by atoms with Gasteiger partial charge < -0.3 is 24.4 Å². The zero-order valence-electron chi connectivity index (χ0n) is 17.0. The molecule has 0 saturated heterocycles. The third kappa shape index (κ3) is 3.24. The van der Waals surface area contributed by atoms with Crippen LogP contribution in [0.15, 0.2) is 24.3 Å². The number of carbonyl (C=O) groups excluding carboxylic acids is 1. The molecule has 152 valence electrons. The van der Waals surface area contributed by atoms with Gasteiger partial charge in [0.1, 0.15) is 12.2 Å². The van der Waals surface area contributed by atoms with Crippen LogP contribution in [0.2, 0.25) is 0 Å². The lowest BCUT2D eigenvalue weighted by molar-refractivity contribution is 0.0606. The van der Waals surface area contributed by atoms with Crippen LogP contribution in [0.25, 0.3) is 0 Å². The highest BCUT2D eigenvalue weighted by molar-refractivity contribution is 5.67. The van der Waals surface area contributed by atoms with Crippen LogP contribution < -0.4 is 14.8 Å². The minimum Gasteiger partial charge on any atom is -0.493 e. The Morgan fingerprint density at radius 2 is 2.29 bits per heavy atom. The molecule has 4 rings (SSSR count). The van der Waals surface area contributed by atoms with Crippen LogP contribution in [0.1, 0.15) is 43.7 Å². The van der Waals surface area contributed by atoms with E-state index in [9.17, 15) is 4.79 Å². The Bertz CT molecular complexity index is 778. The number of benzene rings is 1. The third-order valence-corrected chi connectivity index (χ3v) is 6.19. The number of ether oxygens (including phenoxy) is 3. The van der Waals surface area contributed by atoms with Crippen LogP contribution in [-0.4, -0.2) is 50.4 Å². The van der Waals surface area contributed by atoms with E-state index in [0.717, 1.165) is 43.9 Å². The number of nitrogens with one attached hydrogen (secondary N) is 1. The Hall–Kier alpha value is -2.21. The highest BCUT2D eigenvalue weighted by Crippen LogP contribution is 2.55. The molecule has 2 aliphatic heterocycles. The lowest BCUT2D eigenvalue weighted by Crippen LogP contribution is -2.44. The second-order valence-corrected chi connectivity index (χ2v) is 8.08. The molecule has 1 N–H and O–H groups in total. The fourth-order valence-electron chi connectivity index (χ4n) is 4.70. The molecular formula is C22H30N2O4. The topological polar surface area (TPSA) is 60.0 Å². The number of unbranched alkanes of at least 4 members (excludes halogenated alkanes) is 1. The van der Waals surface area contributed by atoms with E-state index in [1.165, 1.54) is 11.1 Å². The van der Waals surface area contributed by atoms with E-state index in [2.05, 4.69) is 36.3 Å². The lowest BCUT2D eigenvalue weighted by Gasteiger charge is -2.36. The zero-order valence-corrected chi connectivity index (χ0v) is 17.0. The van der Waals surface area contributed by atoms with Crippen LogP contribution in [-0.2, 0) is 16.7 Å². The normalized spacial score (nSPS) is 28.0. The fraction of sp³-hybridized carbons (Fsp3) is 0.591. The number of hydrogen-bond donors (Lipinski definition) is 1. The average molecular weight is 386 g/mol. The summed E-state index contributed by atoms with van der Waals surface area (Å²) in [5, 5.41) is 2.82. The average Bonchev–Trinajstić information content (AvgIpc) is 2.94. The first-order valence-corrected chi connectivity index (χ1v) is 10.3. The number of rotatable bonds is 5. The monoisotopic (exact) mass is 386 g/mol. The number of carbonyl (C=O) groups is 1. The molecule has 6 heteroatoms. The summed E-state index contributed by atoms with van der Waals surface area (Å²) in [5.41, 5.74) is 2.37. The molecule has 28 heavy (non-hydrogen) atoms. The first-order chi connectivity index (χ1) is 13.6. The van der Waals surface area contributed by atoms with Crippen molar-refractivity contribution >= 4 is 6.09 Å². The Balaban J connectivity index is 1.60. The van der Waals surface area contributed by atoms with E-state index in [4.69, 9.17) is 14.2 Å². The largest absolute Gasteiger partial charge is 0.493 e. The van der Waals surface area contributed by atoms with Gasteiger partial charge in [-0.1, -0.05) is 25.5 Å². The van der Waals surface area contributed by atoms with E-state index < -0.39 is 0 Å². The van der Waals surface area contributed by atoms with Crippen molar-refractivity contribution in [2.24, 2.45) is 0 Å². The van der Waals surface area contributed by atoms with Crippen molar-refractivity contribution < 1.29 is 19.0 Å². The molecule has 2 heterocycles. The first-order valence-electron chi connectivity index (χ1n) is 10.3. The summed E-state index contributed by atoms with van der Waals surface area (Å²) in [5.74, 6) is 1.64. The second kappa shape index (κ2) is 7.66. The molecule has 0 fully saturated rings. The van der Waals surface area contributed by atoms with E-state index in [-0.39, 0.29) is 23.7 Å².